The van der Waals surface area contributed by atoms with Crippen LogP contribution in [0.25, 0.3) is 5.69 Å². The Kier molecular flexibility index (Phi) is 7.25. The molecule has 0 spiro atoms. The van der Waals surface area contributed by atoms with Gasteiger partial charge >= 0.3 is 0 Å². The van der Waals surface area contributed by atoms with E-state index in [9.17, 15) is 17.6 Å². The second kappa shape index (κ2) is 10.5. The van der Waals surface area contributed by atoms with Gasteiger partial charge in [0.05, 0.1) is 23.0 Å². The number of hydrogen-bond acceptors (Lipinski definition) is 5. The summed E-state index contributed by atoms with van der Waals surface area (Å²) in [6.45, 7) is 3.30. The monoisotopic (exact) mass is 505 g/mol. The average Bonchev–Trinajstić information content (AvgIpc) is 3.16. The number of halogens is 1. The van der Waals surface area contributed by atoms with Crippen molar-refractivity contribution in [2.24, 2.45) is 5.10 Å². The summed E-state index contributed by atoms with van der Waals surface area (Å²) in [6, 6.07) is 19.0. The molecule has 0 fully saturated rings. The van der Waals surface area contributed by atoms with E-state index in [0.29, 0.717) is 0 Å². The molecule has 1 amide bonds. The largest absolute Gasteiger partial charge is 0.318 e. The zero-order valence-electron chi connectivity index (χ0n) is 19.7. The number of nitrogens with zero attached hydrogens (tertiary/aromatic N) is 4. The van der Waals surface area contributed by atoms with Gasteiger partial charge in [0.25, 0.3) is 15.9 Å². The van der Waals surface area contributed by atoms with Crippen molar-refractivity contribution in [3.05, 3.63) is 108 Å². The van der Waals surface area contributed by atoms with Gasteiger partial charge in [-0.3, -0.25) is 14.1 Å². The zero-order valence-corrected chi connectivity index (χ0v) is 20.5. The van der Waals surface area contributed by atoms with E-state index in [1.54, 1.807) is 42.5 Å². The summed E-state index contributed by atoms with van der Waals surface area (Å²) in [5.41, 5.74) is 5.96. The lowest BCUT2D eigenvalue weighted by Crippen LogP contribution is -2.39. The minimum absolute atomic E-state index is 0.0541. The second-order valence-electron chi connectivity index (χ2n) is 7.97. The summed E-state index contributed by atoms with van der Waals surface area (Å²) >= 11 is 0. The molecule has 2 heterocycles. The molecular formula is C26H24FN5O3S. The van der Waals surface area contributed by atoms with Gasteiger partial charge in [0, 0.05) is 28.8 Å². The van der Waals surface area contributed by atoms with Crippen molar-refractivity contribution in [3.8, 4) is 5.69 Å². The Bertz CT molecular complexity index is 1490. The smallest absolute Gasteiger partial charge is 0.264 e. The molecule has 8 nitrogen and oxygen atoms in total. The van der Waals surface area contributed by atoms with Crippen molar-refractivity contribution in [1.82, 2.24) is 15.0 Å². The molecule has 2 aromatic carbocycles. The number of pyridine rings is 1. The van der Waals surface area contributed by atoms with Gasteiger partial charge in [-0.1, -0.05) is 18.2 Å². The molecule has 0 radical (unpaired) electrons. The van der Waals surface area contributed by atoms with Crippen LogP contribution in [0.1, 0.15) is 17.0 Å². The third-order valence-corrected chi connectivity index (χ3v) is 7.29. The summed E-state index contributed by atoms with van der Waals surface area (Å²) in [5.74, 6) is -0.942. The summed E-state index contributed by atoms with van der Waals surface area (Å²) in [7, 11) is -4.02. The quantitative estimate of drug-likeness (QED) is 0.289. The molecule has 0 bridgehead atoms. The minimum atomic E-state index is -4.02. The Morgan fingerprint density at radius 2 is 1.81 bits per heavy atom. The van der Waals surface area contributed by atoms with Gasteiger partial charge < -0.3 is 4.57 Å². The Balaban J connectivity index is 1.52. The van der Waals surface area contributed by atoms with Gasteiger partial charge in [-0.05, 0) is 68.4 Å². The molecule has 0 aliphatic rings. The van der Waals surface area contributed by atoms with E-state index in [1.165, 1.54) is 42.9 Å². The highest BCUT2D eigenvalue weighted by atomic mass is 32.2. The Hall–Kier alpha value is -4.31. The third kappa shape index (κ3) is 5.33. The summed E-state index contributed by atoms with van der Waals surface area (Å²) in [6.07, 6.45) is 4.38. The number of anilines is 1. The topological polar surface area (TPSA) is 96.7 Å². The number of rotatable bonds is 8. The molecule has 0 unspecified atom stereocenters. The fourth-order valence-electron chi connectivity index (χ4n) is 3.78. The highest BCUT2D eigenvalue weighted by Crippen LogP contribution is 2.23. The number of carbonyl (C=O) groups excluding carboxylic acids is 1. The molecule has 2 aromatic heterocycles. The Morgan fingerprint density at radius 1 is 1.08 bits per heavy atom. The molecule has 1 N–H and O–H groups in total. The Labute approximate surface area is 208 Å². The predicted octanol–water partition coefficient (Wildman–Crippen LogP) is 3.97. The number of aromatic nitrogens is 2. The molecule has 0 saturated carbocycles. The number of amides is 1. The van der Waals surface area contributed by atoms with E-state index in [2.05, 4.69) is 15.5 Å². The van der Waals surface area contributed by atoms with Crippen molar-refractivity contribution in [3.63, 3.8) is 0 Å². The van der Waals surface area contributed by atoms with Crippen LogP contribution >= 0.6 is 0 Å². The number of hydrogen-bond donors (Lipinski definition) is 1. The molecule has 0 aliphatic heterocycles. The van der Waals surface area contributed by atoms with Crippen molar-refractivity contribution in [2.75, 3.05) is 10.8 Å². The maximum atomic E-state index is 13.3. The highest BCUT2D eigenvalue weighted by Gasteiger charge is 2.27. The normalized spacial score (nSPS) is 11.5. The van der Waals surface area contributed by atoms with Crippen LogP contribution in [-0.2, 0) is 14.8 Å². The molecule has 4 aromatic rings. The average molecular weight is 506 g/mol. The van der Waals surface area contributed by atoms with Crippen molar-refractivity contribution in [2.45, 2.75) is 18.7 Å². The number of carbonyl (C=O) groups is 1. The molecule has 184 valence electrons. The first kappa shape index (κ1) is 24.8. The first-order valence-corrected chi connectivity index (χ1v) is 12.5. The molecule has 4 rings (SSSR count). The number of hydrazone groups is 1. The van der Waals surface area contributed by atoms with Crippen LogP contribution in [0.4, 0.5) is 10.1 Å². The SMILES string of the molecule is Cc1cc(/C=N\NC(=O)CN(c2cccnc2)S(=O)(=O)c2ccccc2)c(C)n1-c1ccc(F)cc1. The van der Waals surface area contributed by atoms with E-state index in [1.807, 2.05) is 24.5 Å². The fraction of sp³-hybridized carbons (Fsp3) is 0.115. The van der Waals surface area contributed by atoms with E-state index in [-0.39, 0.29) is 16.4 Å². The second-order valence-corrected chi connectivity index (χ2v) is 9.83. The van der Waals surface area contributed by atoms with E-state index >= 15 is 0 Å². The van der Waals surface area contributed by atoms with Crippen LogP contribution in [-0.4, -0.2) is 36.6 Å². The van der Waals surface area contributed by atoms with Gasteiger partial charge in [-0.25, -0.2) is 18.2 Å². The number of aryl methyl sites for hydroxylation is 1. The molecule has 0 saturated heterocycles. The van der Waals surface area contributed by atoms with Crippen molar-refractivity contribution < 1.29 is 17.6 Å². The van der Waals surface area contributed by atoms with E-state index < -0.39 is 22.5 Å². The van der Waals surface area contributed by atoms with Crippen LogP contribution < -0.4 is 9.73 Å². The Morgan fingerprint density at radius 3 is 2.47 bits per heavy atom. The van der Waals surface area contributed by atoms with Crippen LogP contribution in [0.2, 0.25) is 0 Å². The molecule has 0 atom stereocenters. The number of nitrogens with one attached hydrogen (secondary N) is 1. The van der Waals surface area contributed by atoms with Crippen LogP contribution in [0.5, 0.6) is 0 Å². The van der Waals surface area contributed by atoms with Crippen LogP contribution in [0, 0.1) is 19.7 Å². The lowest BCUT2D eigenvalue weighted by atomic mass is 10.2. The molecular weight excluding hydrogens is 481 g/mol. The minimum Gasteiger partial charge on any atom is -0.318 e. The maximum Gasteiger partial charge on any atom is 0.264 e. The summed E-state index contributed by atoms with van der Waals surface area (Å²) < 4.78 is 42.8. The van der Waals surface area contributed by atoms with Gasteiger partial charge in [-0.15, -0.1) is 0 Å². The van der Waals surface area contributed by atoms with Crippen LogP contribution in [0.3, 0.4) is 0 Å². The molecule has 10 heteroatoms. The first-order valence-electron chi connectivity index (χ1n) is 11.0. The third-order valence-electron chi connectivity index (χ3n) is 5.50. The zero-order chi connectivity index (χ0) is 25.7. The van der Waals surface area contributed by atoms with Crippen molar-refractivity contribution in [1.29, 1.82) is 0 Å². The van der Waals surface area contributed by atoms with Gasteiger partial charge in [0.1, 0.15) is 12.4 Å². The van der Waals surface area contributed by atoms with Crippen LogP contribution in [0.15, 0.2) is 95.2 Å². The summed E-state index contributed by atoms with van der Waals surface area (Å²) in [4.78, 5) is 16.7. The molecule has 0 aliphatic carbocycles. The predicted molar refractivity (Wildman–Crippen MR) is 136 cm³/mol. The van der Waals surface area contributed by atoms with Gasteiger partial charge in [0.2, 0.25) is 0 Å². The fourth-order valence-corrected chi connectivity index (χ4v) is 5.21. The molecule has 36 heavy (non-hydrogen) atoms. The summed E-state index contributed by atoms with van der Waals surface area (Å²) in [5, 5.41) is 4.03. The number of benzene rings is 2. The number of sulfonamides is 1. The first-order chi connectivity index (χ1) is 17.3. The van der Waals surface area contributed by atoms with Gasteiger partial charge in [-0.2, -0.15) is 5.10 Å². The highest BCUT2D eigenvalue weighted by molar-refractivity contribution is 7.92. The lowest BCUT2D eigenvalue weighted by Gasteiger charge is -2.23. The standard InChI is InChI=1S/C26H24FN5O3S/c1-19-15-21(20(2)32(19)23-12-10-22(27)11-13-23)16-29-30-26(33)18-31(24-7-6-14-28-17-24)36(34,35)25-8-4-3-5-9-25/h3-17H,18H2,1-2H3,(H,30,33)/b29-16-. The van der Waals surface area contributed by atoms with Crippen molar-refractivity contribution >= 4 is 27.8 Å². The van der Waals surface area contributed by atoms with E-state index in [4.69, 9.17) is 0 Å². The maximum absolute atomic E-state index is 13.3. The lowest BCUT2D eigenvalue weighted by molar-refractivity contribution is -0.119. The van der Waals surface area contributed by atoms with Gasteiger partial charge in [0.15, 0.2) is 0 Å². The van der Waals surface area contributed by atoms with E-state index in [0.717, 1.165) is 26.9 Å².